The number of amides is 1. The van der Waals surface area contributed by atoms with E-state index in [9.17, 15) is 9.59 Å². The number of ketones is 1. The minimum atomic E-state index is -0.249. The van der Waals surface area contributed by atoms with Gasteiger partial charge in [-0.1, -0.05) is 25.4 Å². The fourth-order valence-corrected chi connectivity index (χ4v) is 1.85. The van der Waals surface area contributed by atoms with E-state index in [2.05, 4.69) is 5.32 Å². The molecule has 5 heteroatoms. The Kier molecular flexibility index (Phi) is 4.29. The lowest BCUT2D eigenvalue weighted by Crippen LogP contribution is -2.30. The summed E-state index contributed by atoms with van der Waals surface area (Å²) in [5.41, 5.74) is 0. The molecule has 0 fully saturated rings. The van der Waals surface area contributed by atoms with Gasteiger partial charge in [0.05, 0.1) is 15.8 Å². The monoisotopic (exact) mass is 245 g/mol. The van der Waals surface area contributed by atoms with Crippen molar-refractivity contribution < 1.29 is 9.59 Å². The first-order chi connectivity index (χ1) is 7.00. The van der Waals surface area contributed by atoms with Gasteiger partial charge in [0.2, 0.25) is 0 Å². The maximum Gasteiger partial charge on any atom is 0.261 e. The summed E-state index contributed by atoms with van der Waals surface area (Å²) >= 11 is 6.89. The zero-order valence-corrected chi connectivity index (χ0v) is 10.1. The summed E-state index contributed by atoms with van der Waals surface area (Å²) in [6.45, 7) is 3.68. The van der Waals surface area contributed by atoms with Gasteiger partial charge in [-0.3, -0.25) is 9.59 Å². The van der Waals surface area contributed by atoms with E-state index >= 15 is 0 Å². The first-order valence-corrected chi connectivity index (χ1v) is 5.76. The van der Waals surface area contributed by atoms with E-state index in [4.69, 9.17) is 11.6 Å². The van der Waals surface area contributed by atoms with Crippen LogP contribution in [-0.2, 0) is 4.79 Å². The van der Waals surface area contributed by atoms with Crippen LogP contribution in [0.5, 0.6) is 0 Å². The van der Waals surface area contributed by atoms with Gasteiger partial charge in [0, 0.05) is 5.92 Å². The molecular formula is C10H12ClNO2S. The predicted molar refractivity (Wildman–Crippen MR) is 61.5 cm³/mol. The van der Waals surface area contributed by atoms with E-state index in [0.717, 1.165) is 0 Å². The van der Waals surface area contributed by atoms with Crippen LogP contribution >= 0.6 is 22.9 Å². The quantitative estimate of drug-likeness (QED) is 0.885. The topological polar surface area (TPSA) is 46.2 Å². The zero-order valence-electron chi connectivity index (χ0n) is 8.54. The number of rotatable bonds is 4. The van der Waals surface area contributed by atoms with Crippen LogP contribution < -0.4 is 5.32 Å². The molecule has 1 heterocycles. The minimum Gasteiger partial charge on any atom is -0.344 e. The van der Waals surface area contributed by atoms with Crippen molar-refractivity contribution in [3.63, 3.8) is 0 Å². The molecule has 0 aliphatic rings. The molecule has 0 saturated heterocycles. The van der Waals surface area contributed by atoms with E-state index in [1.54, 1.807) is 26.0 Å². The van der Waals surface area contributed by atoms with Crippen LogP contribution in [0.15, 0.2) is 12.1 Å². The summed E-state index contributed by atoms with van der Waals surface area (Å²) in [7, 11) is 0. The highest BCUT2D eigenvalue weighted by molar-refractivity contribution is 7.17. The Bertz CT molecular complexity index is 373. The Morgan fingerprint density at radius 2 is 2.13 bits per heavy atom. The molecule has 1 N–H and O–H groups in total. The van der Waals surface area contributed by atoms with Gasteiger partial charge in [-0.15, -0.1) is 11.3 Å². The molecule has 15 heavy (non-hydrogen) atoms. The second kappa shape index (κ2) is 5.28. The van der Waals surface area contributed by atoms with Crippen molar-refractivity contribution >= 4 is 34.6 Å². The number of hydrogen-bond acceptors (Lipinski definition) is 3. The molecule has 3 nitrogen and oxygen atoms in total. The Balaban J connectivity index is 2.47. The molecule has 0 spiro atoms. The van der Waals surface area contributed by atoms with Crippen molar-refractivity contribution in [3.05, 3.63) is 21.3 Å². The van der Waals surface area contributed by atoms with Gasteiger partial charge in [0.25, 0.3) is 5.91 Å². The van der Waals surface area contributed by atoms with Crippen molar-refractivity contribution in [1.82, 2.24) is 5.32 Å². The highest BCUT2D eigenvalue weighted by atomic mass is 35.5. The van der Waals surface area contributed by atoms with Crippen molar-refractivity contribution in [2.45, 2.75) is 13.8 Å². The van der Waals surface area contributed by atoms with Crippen LogP contribution in [0.2, 0.25) is 4.34 Å². The van der Waals surface area contributed by atoms with E-state index in [0.29, 0.717) is 9.21 Å². The molecule has 1 rings (SSSR count). The van der Waals surface area contributed by atoms with Gasteiger partial charge in [-0.2, -0.15) is 0 Å². The number of nitrogens with one attached hydrogen (secondary N) is 1. The van der Waals surface area contributed by atoms with Gasteiger partial charge in [0.1, 0.15) is 0 Å². The predicted octanol–water partition coefficient (Wildman–Crippen LogP) is 2.36. The lowest BCUT2D eigenvalue weighted by molar-refractivity contribution is -0.120. The van der Waals surface area contributed by atoms with Gasteiger partial charge < -0.3 is 5.32 Å². The van der Waals surface area contributed by atoms with E-state index in [1.165, 1.54) is 11.3 Å². The minimum absolute atomic E-state index is 0.0194. The first kappa shape index (κ1) is 12.2. The van der Waals surface area contributed by atoms with E-state index < -0.39 is 0 Å². The number of carbonyl (C=O) groups excluding carboxylic acids is 2. The Labute approximate surface area is 97.4 Å². The molecule has 0 aromatic carbocycles. The van der Waals surface area contributed by atoms with Crippen LogP contribution in [0.3, 0.4) is 0 Å². The van der Waals surface area contributed by atoms with Crippen molar-refractivity contribution in [1.29, 1.82) is 0 Å². The number of carbonyl (C=O) groups is 2. The Morgan fingerprint density at radius 1 is 1.47 bits per heavy atom. The summed E-state index contributed by atoms with van der Waals surface area (Å²) < 4.78 is 0.565. The molecular weight excluding hydrogens is 234 g/mol. The smallest absolute Gasteiger partial charge is 0.261 e. The molecule has 0 aliphatic heterocycles. The normalized spacial score (nSPS) is 10.4. The molecule has 0 saturated carbocycles. The highest BCUT2D eigenvalue weighted by Gasteiger charge is 2.11. The van der Waals surface area contributed by atoms with Gasteiger partial charge in [0.15, 0.2) is 5.78 Å². The number of halogens is 1. The lowest BCUT2D eigenvalue weighted by Gasteiger charge is -2.04. The third kappa shape index (κ3) is 3.64. The molecule has 0 radical (unpaired) electrons. The highest BCUT2D eigenvalue weighted by Crippen LogP contribution is 2.20. The summed E-state index contributed by atoms with van der Waals surface area (Å²) in [6, 6.07) is 3.30. The van der Waals surface area contributed by atoms with Gasteiger partial charge in [-0.05, 0) is 12.1 Å². The average Bonchev–Trinajstić information content (AvgIpc) is 2.60. The standard InChI is InChI=1S/C10H12ClNO2S/c1-6(2)7(13)5-12-10(14)8-3-4-9(11)15-8/h3-4,6H,5H2,1-2H3,(H,12,14). The molecule has 1 amide bonds. The summed E-state index contributed by atoms with van der Waals surface area (Å²) in [6.07, 6.45) is 0. The Morgan fingerprint density at radius 3 is 2.60 bits per heavy atom. The molecule has 1 aromatic heterocycles. The number of hydrogen-bond donors (Lipinski definition) is 1. The fourth-order valence-electron chi connectivity index (χ4n) is 0.895. The summed E-state index contributed by atoms with van der Waals surface area (Å²) in [4.78, 5) is 23.2. The third-order valence-corrected chi connectivity index (χ3v) is 3.09. The largest absolute Gasteiger partial charge is 0.344 e. The van der Waals surface area contributed by atoms with Crippen molar-refractivity contribution in [2.24, 2.45) is 5.92 Å². The molecule has 0 unspecified atom stereocenters. The molecule has 0 aliphatic carbocycles. The summed E-state index contributed by atoms with van der Waals surface area (Å²) in [5, 5.41) is 2.56. The van der Waals surface area contributed by atoms with Crippen molar-refractivity contribution in [3.8, 4) is 0 Å². The molecule has 0 bridgehead atoms. The molecule has 0 atom stereocenters. The van der Waals surface area contributed by atoms with Crippen molar-refractivity contribution in [2.75, 3.05) is 6.54 Å². The molecule has 82 valence electrons. The Hall–Kier alpha value is -0.870. The van der Waals surface area contributed by atoms with E-state index in [1.807, 2.05) is 0 Å². The zero-order chi connectivity index (χ0) is 11.4. The maximum absolute atomic E-state index is 11.5. The van der Waals surface area contributed by atoms with Crippen LogP contribution in [0.25, 0.3) is 0 Å². The maximum atomic E-state index is 11.5. The second-order valence-corrected chi connectivity index (χ2v) is 5.12. The first-order valence-electron chi connectivity index (χ1n) is 4.57. The van der Waals surface area contributed by atoms with Crippen LogP contribution in [0.4, 0.5) is 0 Å². The second-order valence-electron chi connectivity index (χ2n) is 3.41. The van der Waals surface area contributed by atoms with Crippen LogP contribution in [-0.4, -0.2) is 18.2 Å². The number of Topliss-reactive ketones (excluding diaryl/α,β-unsaturated/α-hetero) is 1. The number of thiophene rings is 1. The lowest BCUT2D eigenvalue weighted by atomic mass is 10.1. The van der Waals surface area contributed by atoms with Gasteiger partial charge in [-0.25, -0.2) is 0 Å². The average molecular weight is 246 g/mol. The summed E-state index contributed by atoms with van der Waals surface area (Å²) in [5.74, 6) is -0.288. The SMILES string of the molecule is CC(C)C(=O)CNC(=O)c1ccc(Cl)s1. The third-order valence-electron chi connectivity index (χ3n) is 1.86. The fraction of sp³-hybridized carbons (Fsp3) is 0.400. The van der Waals surface area contributed by atoms with Gasteiger partial charge >= 0.3 is 0 Å². The van der Waals surface area contributed by atoms with Crippen LogP contribution in [0, 0.1) is 5.92 Å². The van der Waals surface area contributed by atoms with Crippen LogP contribution in [0.1, 0.15) is 23.5 Å². The molecule has 1 aromatic rings. The van der Waals surface area contributed by atoms with E-state index in [-0.39, 0.29) is 24.2 Å².